The van der Waals surface area contributed by atoms with Crippen LogP contribution in [-0.4, -0.2) is 53.8 Å². The molecule has 2 heterocycles. The Morgan fingerprint density at radius 1 is 1.22 bits per heavy atom. The van der Waals surface area contributed by atoms with Crippen LogP contribution in [0.4, 0.5) is 0 Å². The molecule has 0 aliphatic carbocycles. The number of rotatable bonds is 5. The van der Waals surface area contributed by atoms with Gasteiger partial charge in [-0.05, 0) is 49.9 Å². The molecular weight excluding hydrogens is 298 g/mol. The highest BCUT2D eigenvalue weighted by Gasteiger charge is 2.34. The lowest BCUT2D eigenvalue weighted by molar-refractivity contribution is -0.141. The highest BCUT2D eigenvalue weighted by molar-refractivity contribution is 5.97. The van der Waals surface area contributed by atoms with Gasteiger partial charge in [0.15, 0.2) is 0 Å². The molecule has 2 fully saturated rings. The summed E-state index contributed by atoms with van der Waals surface area (Å²) in [6, 6.07) is 6.15. The van der Waals surface area contributed by atoms with E-state index in [-0.39, 0.29) is 12.0 Å². The number of amides is 1. The lowest BCUT2D eigenvalue weighted by atomic mass is 10.1. The molecule has 0 bridgehead atoms. The molecular formula is C17H21NO5. The van der Waals surface area contributed by atoms with E-state index in [0.717, 1.165) is 25.9 Å². The average Bonchev–Trinajstić information content (AvgIpc) is 3.24. The molecule has 2 saturated heterocycles. The molecule has 0 saturated carbocycles. The fraction of sp³-hybridized carbons (Fsp3) is 0.529. The Balaban J connectivity index is 1.59. The molecule has 0 aromatic heterocycles. The summed E-state index contributed by atoms with van der Waals surface area (Å²) in [6.45, 7) is 1.80. The summed E-state index contributed by atoms with van der Waals surface area (Å²) in [5.41, 5.74) is 0.489. The molecule has 1 aromatic rings. The van der Waals surface area contributed by atoms with Gasteiger partial charge < -0.3 is 19.5 Å². The summed E-state index contributed by atoms with van der Waals surface area (Å²) in [6.07, 6.45) is 3.48. The monoisotopic (exact) mass is 319 g/mol. The van der Waals surface area contributed by atoms with Gasteiger partial charge in [0.05, 0.1) is 6.10 Å². The molecule has 2 aliphatic heterocycles. The van der Waals surface area contributed by atoms with E-state index in [2.05, 4.69) is 0 Å². The fourth-order valence-electron chi connectivity index (χ4n) is 3.09. The quantitative estimate of drug-likeness (QED) is 0.897. The predicted molar refractivity (Wildman–Crippen MR) is 82.6 cm³/mol. The summed E-state index contributed by atoms with van der Waals surface area (Å²) >= 11 is 0. The minimum atomic E-state index is -0.938. The Morgan fingerprint density at radius 3 is 2.65 bits per heavy atom. The van der Waals surface area contributed by atoms with Gasteiger partial charge in [0.1, 0.15) is 18.4 Å². The Morgan fingerprint density at radius 2 is 2.00 bits per heavy atom. The molecule has 3 rings (SSSR count). The van der Waals surface area contributed by atoms with E-state index < -0.39 is 12.0 Å². The first-order valence-electron chi connectivity index (χ1n) is 8.03. The van der Waals surface area contributed by atoms with Crippen molar-refractivity contribution in [2.75, 3.05) is 19.8 Å². The summed E-state index contributed by atoms with van der Waals surface area (Å²) in [5, 5.41) is 9.17. The van der Waals surface area contributed by atoms with Crippen molar-refractivity contribution in [3.63, 3.8) is 0 Å². The zero-order valence-corrected chi connectivity index (χ0v) is 12.9. The highest BCUT2D eigenvalue weighted by atomic mass is 16.5. The average molecular weight is 319 g/mol. The van der Waals surface area contributed by atoms with Crippen molar-refractivity contribution in [3.8, 4) is 5.75 Å². The van der Waals surface area contributed by atoms with Crippen LogP contribution < -0.4 is 4.74 Å². The molecule has 23 heavy (non-hydrogen) atoms. The first-order valence-corrected chi connectivity index (χ1v) is 8.03. The van der Waals surface area contributed by atoms with Gasteiger partial charge in [0, 0.05) is 18.7 Å². The van der Waals surface area contributed by atoms with Gasteiger partial charge in [-0.3, -0.25) is 4.79 Å². The van der Waals surface area contributed by atoms with Gasteiger partial charge in [0.25, 0.3) is 5.91 Å². The SMILES string of the molecule is O=C(O)[C@H]1CCCN1C(=O)c1ccc(OC[C@H]2CCCO2)cc1. The molecule has 2 aliphatic rings. The van der Waals surface area contributed by atoms with Gasteiger partial charge in [-0.2, -0.15) is 0 Å². The minimum Gasteiger partial charge on any atom is -0.491 e. The number of carbonyl (C=O) groups excluding carboxylic acids is 1. The van der Waals surface area contributed by atoms with Crippen LogP contribution >= 0.6 is 0 Å². The summed E-state index contributed by atoms with van der Waals surface area (Å²) < 4.78 is 11.2. The second-order valence-electron chi connectivity index (χ2n) is 5.97. The Kier molecular flexibility index (Phi) is 4.81. The largest absolute Gasteiger partial charge is 0.491 e. The Hall–Kier alpha value is -2.08. The first-order chi connectivity index (χ1) is 11.1. The summed E-state index contributed by atoms with van der Waals surface area (Å²) in [5.74, 6) is -0.485. The molecule has 1 aromatic carbocycles. The van der Waals surface area contributed by atoms with Gasteiger partial charge in [0.2, 0.25) is 0 Å². The Bertz CT molecular complexity index is 565. The second-order valence-corrected chi connectivity index (χ2v) is 5.97. The van der Waals surface area contributed by atoms with E-state index in [1.165, 1.54) is 4.90 Å². The number of likely N-dealkylation sites (tertiary alicyclic amines) is 1. The van der Waals surface area contributed by atoms with Crippen molar-refractivity contribution >= 4 is 11.9 Å². The smallest absolute Gasteiger partial charge is 0.326 e. The third-order valence-corrected chi connectivity index (χ3v) is 4.36. The number of hydrogen-bond acceptors (Lipinski definition) is 4. The lowest BCUT2D eigenvalue weighted by Gasteiger charge is -2.21. The molecule has 0 unspecified atom stereocenters. The van der Waals surface area contributed by atoms with Gasteiger partial charge >= 0.3 is 5.97 Å². The number of benzene rings is 1. The van der Waals surface area contributed by atoms with Crippen LogP contribution in [0.3, 0.4) is 0 Å². The number of ether oxygens (including phenoxy) is 2. The second kappa shape index (κ2) is 7.00. The van der Waals surface area contributed by atoms with Crippen LogP contribution in [0, 0.1) is 0 Å². The molecule has 6 nitrogen and oxygen atoms in total. The van der Waals surface area contributed by atoms with Crippen LogP contribution in [0.5, 0.6) is 5.75 Å². The zero-order chi connectivity index (χ0) is 16.2. The number of nitrogens with zero attached hydrogens (tertiary/aromatic N) is 1. The van der Waals surface area contributed by atoms with Crippen molar-refractivity contribution in [3.05, 3.63) is 29.8 Å². The maximum Gasteiger partial charge on any atom is 0.326 e. The topological polar surface area (TPSA) is 76.1 Å². The van der Waals surface area contributed by atoms with Crippen molar-refractivity contribution in [1.29, 1.82) is 0 Å². The van der Waals surface area contributed by atoms with Gasteiger partial charge in [-0.25, -0.2) is 4.79 Å². The van der Waals surface area contributed by atoms with Crippen LogP contribution in [0.1, 0.15) is 36.0 Å². The van der Waals surface area contributed by atoms with E-state index in [0.29, 0.717) is 30.9 Å². The minimum absolute atomic E-state index is 0.150. The van der Waals surface area contributed by atoms with Crippen molar-refractivity contribution in [1.82, 2.24) is 4.90 Å². The fourth-order valence-corrected chi connectivity index (χ4v) is 3.09. The van der Waals surface area contributed by atoms with Gasteiger partial charge in [-0.1, -0.05) is 0 Å². The first kappa shape index (κ1) is 15.8. The van der Waals surface area contributed by atoms with Crippen molar-refractivity contribution in [2.45, 2.75) is 37.8 Å². The molecule has 1 N–H and O–H groups in total. The van der Waals surface area contributed by atoms with E-state index >= 15 is 0 Å². The Labute approximate surface area is 135 Å². The maximum atomic E-state index is 12.4. The zero-order valence-electron chi connectivity index (χ0n) is 12.9. The van der Waals surface area contributed by atoms with Crippen LogP contribution in [0.25, 0.3) is 0 Å². The lowest BCUT2D eigenvalue weighted by Crippen LogP contribution is -2.40. The number of carbonyl (C=O) groups is 2. The molecule has 2 atom stereocenters. The third kappa shape index (κ3) is 3.64. The standard InChI is InChI=1S/C17H21NO5/c19-16(18-9-1-4-15(18)17(20)21)12-5-7-13(8-6-12)23-11-14-3-2-10-22-14/h5-8,14-15H,1-4,9-11H2,(H,20,21)/t14-,15-/m1/s1. The molecule has 0 spiro atoms. The molecule has 0 radical (unpaired) electrons. The third-order valence-electron chi connectivity index (χ3n) is 4.36. The number of carboxylic acids is 1. The number of hydrogen-bond donors (Lipinski definition) is 1. The highest BCUT2D eigenvalue weighted by Crippen LogP contribution is 2.22. The van der Waals surface area contributed by atoms with Crippen molar-refractivity contribution in [2.24, 2.45) is 0 Å². The normalized spacial score (nSPS) is 23.9. The maximum absolute atomic E-state index is 12.4. The predicted octanol–water partition coefficient (Wildman–Crippen LogP) is 1.93. The van der Waals surface area contributed by atoms with E-state index in [4.69, 9.17) is 9.47 Å². The van der Waals surface area contributed by atoms with Crippen LogP contribution in [-0.2, 0) is 9.53 Å². The molecule has 1 amide bonds. The molecule has 6 heteroatoms. The van der Waals surface area contributed by atoms with E-state index in [9.17, 15) is 14.7 Å². The van der Waals surface area contributed by atoms with E-state index in [1.807, 2.05) is 0 Å². The van der Waals surface area contributed by atoms with E-state index in [1.54, 1.807) is 24.3 Å². The number of aliphatic carboxylic acids is 1. The van der Waals surface area contributed by atoms with Gasteiger partial charge in [-0.15, -0.1) is 0 Å². The van der Waals surface area contributed by atoms with Crippen LogP contribution in [0.2, 0.25) is 0 Å². The summed E-state index contributed by atoms with van der Waals surface area (Å²) in [4.78, 5) is 25.1. The number of carboxylic acid groups (broad SMARTS) is 1. The van der Waals surface area contributed by atoms with Crippen molar-refractivity contribution < 1.29 is 24.2 Å². The molecule has 124 valence electrons. The van der Waals surface area contributed by atoms with Crippen LogP contribution in [0.15, 0.2) is 24.3 Å². The summed E-state index contributed by atoms with van der Waals surface area (Å²) in [7, 11) is 0.